The summed E-state index contributed by atoms with van der Waals surface area (Å²) in [6, 6.07) is 19.8. The first-order chi connectivity index (χ1) is 14.5. The Bertz CT molecular complexity index is 1350. The topological polar surface area (TPSA) is 106 Å². The molecule has 0 atom stereocenters. The first-order valence-electron chi connectivity index (χ1n) is 8.97. The number of nitriles is 1. The lowest BCUT2D eigenvalue weighted by Gasteiger charge is -2.08. The summed E-state index contributed by atoms with van der Waals surface area (Å²) in [7, 11) is 0. The van der Waals surface area contributed by atoms with E-state index < -0.39 is 4.92 Å². The summed E-state index contributed by atoms with van der Waals surface area (Å²) < 4.78 is 11.4. The Morgan fingerprint density at radius 3 is 2.60 bits per heavy atom. The second kappa shape index (κ2) is 7.89. The molecule has 0 aliphatic rings. The van der Waals surface area contributed by atoms with Gasteiger partial charge in [0.1, 0.15) is 24.2 Å². The fourth-order valence-corrected chi connectivity index (χ4v) is 3.06. The van der Waals surface area contributed by atoms with Crippen molar-refractivity contribution in [2.24, 2.45) is 0 Å². The summed E-state index contributed by atoms with van der Waals surface area (Å²) in [5.74, 6) is 0.524. The Kier molecular flexibility index (Phi) is 4.97. The number of rotatable bonds is 5. The summed E-state index contributed by atoms with van der Waals surface area (Å²) in [6.07, 6.45) is 1.34. The van der Waals surface area contributed by atoms with Crippen LogP contribution in [0.15, 0.2) is 82.2 Å². The highest BCUT2D eigenvalue weighted by atomic mass is 16.6. The number of nitro benzene ring substituents is 1. The average Bonchev–Trinajstić information content (AvgIpc) is 2.78. The zero-order valence-corrected chi connectivity index (χ0v) is 15.6. The molecule has 0 aliphatic carbocycles. The van der Waals surface area contributed by atoms with Crippen LogP contribution in [-0.2, 0) is 6.61 Å². The molecule has 1 aromatic heterocycles. The number of nitro groups is 1. The van der Waals surface area contributed by atoms with Crippen molar-refractivity contribution in [3.05, 3.63) is 104 Å². The van der Waals surface area contributed by atoms with E-state index in [-0.39, 0.29) is 17.7 Å². The van der Waals surface area contributed by atoms with E-state index in [0.29, 0.717) is 33.4 Å². The quantitative estimate of drug-likeness (QED) is 0.352. The smallest absolute Gasteiger partial charge is 0.269 e. The van der Waals surface area contributed by atoms with Crippen LogP contribution in [0.2, 0.25) is 0 Å². The highest BCUT2D eigenvalue weighted by Crippen LogP contribution is 2.25. The van der Waals surface area contributed by atoms with Gasteiger partial charge in [-0.25, -0.2) is 0 Å². The SMILES string of the molecule is N#Cc1cccc(COc2ccc3c(=O)c(-c4ccc([N+](=O)[O-])cc4)coc3c2)c1. The lowest BCUT2D eigenvalue weighted by atomic mass is 10.1. The van der Waals surface area contributed by atoms with E-state index >= 15 is 0 Å². The summed E-state index contributed by atoms with van der Waals surface area (Å²) in [5, 5.41) is 20.1. The van der Waals surface area contributed by atoms with E-state index in [1.807, 2.05) is 6.07 Å². The number of nitrogens with zero attached hydrogens (tertiary/aromatic N) is 2. The van der Waals surface area contributed by atoms with Crippen molar-refractivity contribution < 1.29 is 14.1 Å². The Morgan fingerprint density at radius 1 is 1.07 bits per heavy atom. The van der Waals surface area contributed by atoms with Crippen LogP contribution in [-0.4, -0.2) is 4.92 Å². The number of hydrogen-bond acceptors (Lipinski definition) is 6. The van der Waals surface area contributed by atoms with Crippen LogP contribution in [0.3, 0.4) is 0 Å². The zero-order chi connectivity index (χ0) is 21.1. The molecule has 0 saturated carbocycles. The maximum atomic E-state index is 12.8. The lowest BCUT2D eigenvalue weighted by molar-refractivity contribution is -0.384. The van der Waals surface area contributed by atoms with Crippen LogP contribution in [0.4, 0.5) is 5.69 Å². The maximum absolute atomic E-state index is 12.8. The summed E-state index contributed by atoms with van der Waals surface area (Å²) in [5.41, 5.74) is 2.34. The molecule has 30 heavy (non-hydrogen) atoms. The van der Waals surface area contributed by atoms with Crippen molar-refractivity contribution in [3.8, 4) is 22.9 Å². The van der Waals surface area contributed by atoms with Gasteiger partial charge in [0.2, 0.25) is 0 Å². The van der Waals surface area contributed by atoms with Gasteiger partial charge in [0, 0.05) is 18.2 Å². The van der Waals surface area contributed by atoms with Crippen LogP contribution in [0, 0.1) is 21.4 Å². The highest BCUT2D eigenvalue weighted by Gasteiger charge is 2.12. The Labute approximate surface area is 170 Å². The fourth-order valence-electron chi connectivity index (χ4n) is 3.06. The molecule has 1 heterocycles. The van der Waals surface area contributed by atoms with Crippen LogP contribution >= 0.6 is 0 Å². The van der Waals surface area contributed by atoms with Crippen LogP contribution in [0.25, 0.3) is 22.1 Å². The van der Waals surface area contributed by atoms with Gasteiger partial charge in [-0.2, -0.15) is 5.26 Å². The molecule has 7 heteroatoms. The molecule has 146 valence electrons. The number of fused-ring (bicyclic) bond motifs is 1. The van der Waals surface area contributed by atoms with Crippen molar-refractivity contribution in [3.63, 3.8) is 0 Å². The molecule has 3 aromatic carbocycles. The van der Waals surface area contributed by atoms with Crippen molar-refractivity contribution in [1.29, 1.82) is 5.26 Å². The van der Waals surface area contributed by atoms with Gasteiger partial charge in [-0.15, -0.1) is 0 Å². The van der Waals surface area contributed by atoms with Crippen molar-refractivity contribution >= 4 is 16.7 Å². The Morgan fingerprint density at radius 2 is 1.87 bits per heavy atom. The predicted molar refractivity (Wildman–Crippen MR) is 110 cm³/mol. The number of non-ortho nitro benzene ring substituents is 1. The average molecular weight is 398 g/mol. The lowest BCUT2D eigenvalue weighted by Crippen LogP contribution is -2.05. The molecule has 0 fully saturated rings. The van der Waals surface area contributed by atoms with Crippen LogP contribution in [0.1, 0.15) is 11.1 Å². The van der Waals surface area contributed by atoms with E-state index in [1.54, 1.807) is 36.4 Å². The van der Waals surface area contributed by atoms with Crippen molar-refractivity contribution in [1.82, 2.24) is 0 Å². The van der Waals surface area contributed by atoms with Crippen LogP contribution < -0.4 is 10.2 Å². The Hall–Kier alpha value is -4.44. The van der Waals surface area contributed by atoms with Gasteiger partial charge in [-0.1, -0.05) is 12.1 Å². The highest BCUT2D eigenvalue weighted by molar-refractivity contribution is 5.82. The predicted octanol–water partition coefficient (Wildman–Crippen LogP) is 4.82. The first-order valence-corrected chi connectivity index (χ1v) is 8.97. The minimum absolute atomic E-state index is 0.0500. The van der Waals surface area contributed by atoms with Gasteiger partial charge in [0.15, 0.2) is 5.43 Å². The standard InChI is InChI=1S/C23H14N2O5/c24-12-15-2-1-3-16(10-15)13-29-19-8-9-20-22(11-19)30-14-21(23(20)26)17-4-6-18(7-5-17)25(27)28/h1-11,14H,13H2. The second-order valence-corrected chi connectivity index (χ2v) is 6.54. The van der Waals surface area contributed by atoms with Crippen molar-refractivity contribution in [2.45, 2.75) is 6.61 Å². The molecule has 0 spiro atoms. The van der Waals surface area contributed by atoms with Gasteiger partial charge < -0.3 is 9.15 Å². The van der Waals surface area contributed by atoms with Gasteiger partial charge in [0.05, 0.1) is 27.5 Å². The van der Waals surface area contributed by atoms with E-state index in [4.69, 9.17) is 14.4 Å². The zero-order valence-electron chi connectivity index (χ0n) is 15.6. The van der Waals surface area contributed by atoms with E-state index in [0.717, 1.165) is 5.56 Å². The molecule has 4 rings (SSSR count). The third kappa shape index (κ3) is 3.75. The van der Waals surface area contributed by atoms with Gasteiger partial charge in [0.25, 0.3) is 5.69 Å². The van der Waals surface area contributed by atoms with Gasteiger partial charge in [-0.3, -0.25) is 14.9 Å². The third-order valence-corrected chi connectivity index (χ3v) is 4.60. The molecule has 0 saturated heterocycles. The number of ether oxygens (including phenoxy) is 1. The fraction of sp³-hybridized carbons (Fsp3) is 0.0435. The summed E-state index contributed by atoms with van der Waals surface area (Å²) in [6.45, 7) is 0.270. The number of benzene rings is 3. The minimum atomic E-state index is -0.495. The normalized spacial score (nSPS) is 10.5. The molecule has 7 nitrogen and oxygen atoms in total. The molecule has 0 bridgehead atoms. The van der Waals surface area contributed by atoms with E-state index in [9.17, 15) is 14.9 Å². The Balaban J connectivity index is 1.60. The maximum Gasteiger partial charge on any atom is 0.269 e. The molecule has 0 amide bonds. The van der Waals surface area contributed by atoms with Gasteiger partial charge >= 0.3 is 0 Å². The molecule has 0 N–H and O–H groups in total. The molecular weight excluding hydrogens is 384 g/mol. The molecule has 0 radical (unpaired) electrons. The summed E-state index contributed by atoms with van der Waals surface area (Å²) >= 11 is 0. The van der Waals surface area contributed by atoms with Crippen molar-refractivity contribution in [2.75, 3.05) is 0 Å². The minimum Gasteiger partial charge on any atom is -0.489 e. The molecule has 0 aliphatic heterocycles. The third-order valence-electron chi connectivity index (χ3n) is 4.60. The molecule has 0 unspecified atom stereocenters. The monoisotopic (exact) mass is 398 g/mol. The first kappa shape index (κ1) is 18.9. The van der Waals surface area contributed by atoms with E-state index in [1.165, 1.54) is 30.5 Å². The molecular formula is C23H14N2O5. The molecule has 4 aromatic rings. The van der Waals surface area contributed by atoms with Gasteiger partial charge in [-0.05, 0) is 47.5 Å². The summed E-state index contributed by atoms with van der Waals surface area (Å²) in [4.78, 5) is 23.1. The van der Waals surface area contributed by atoms with Crippen LogP contribution in [0.5, 0.6) is 5.75 Å². The second-order valence-electron chi connectivity index (χ2n) is 6.54. The largest absolute Gasteiger partial charge is 0.489 e. The van der Waals surface area contributed by atoms with E-state index in [2.05, 4.69) is 6.07 Å². The number of hydrogen-bond donors (Lipinski definition) is 0.